The van der Waals surface area contributed by atoms with E-state index in [0.29, 0.717) is 6.54 Å². The fourth-order valence-electron chi connectivity index (χ4n) is 3.01. The number of nitrogens with one attached hydrogen (secondary N) is 2. The molecule has 1 saturated heterocycles. The van der Waals surface area contributed by atoms with Crippen LogP contribution in [0.1, 0.15) is 12.6 Å². The van der Waals surface area contributed by atoms with Crippen molar-refractivity contribution in [3.05, 3.63) is 42.2 Å². The van der Waals surface area contributed by atoms with E-state index in [9.17, 15) is 0 Å². The average Bonchev–Trinajstić information content (AvgIpc) is 3.19. The van der Waals surface area contributed by atoms with E-state index in [1.165, 1.54) is 0 Å². The van der Waals surface area contributed by atoms with Crippen LogP contribution >= 0.6 is 24.0 Å². The molecule has 1 fully saturated rings. The second-order valence-electron chi connectivity index (χ2n) is 5.90. The first-order valence-electron chi connectivity index (χ1n) is 8.71. The van der Waals surface area contributed by atoms with Crippen LogP contribution in [0.5, 0.6) is 5.75 Å². The van der Waals surface area contributed by atoms with Crippen LogP contribution in [0.25, 0.3) is 0 Å². The van der Waals surface area contributed by atoms with E-state index in [1.807, 2.05) is 18.2 Å². The number of benzene rings is 1. The Morgan fingerprint density at radius 3 is 2.65 bits per heavy atom. The van der Waals surface area contributed by atoms with Gasteiger partial charge in [0.2, 0.25) is 0 Å². The number of anilines is 1. The molecule has 7 nitrogen and oxygen atoms in total. The van der Waals surface area contributed by atoms with Crippen LogP contribution in [0.2, 0.25) is 0 Å². The zero-order valence-corrected chi connectivity index (χ0v) is 17.6. The quantitative estimate of drug-likeness (QED) is 0.399. The molecule has 0 radical (unpaired) electrons. The molecule has 142 valence electrons. The van der Waals surface area contributed by atoms with Crippen LogP contribution in [0, 0.1) is 0 Å². The fraction of sp³-hybridized carbons (Fsp3) is 0.444. The van der Waals surface area contributed by atoms with E-state index >= 15 is 0 Å². The zero-order chi connectivity index (χ0) is 17.5. The molecule has 2 heterocycles. The predicted molar refractivity (Wildman–Crippen MR) is 116 cm³/mol. The van der Waals surface area contributed by atoms with Crippen LogP contribution in [0.3, 0.4) is 0 Å². The number of aliphatic imine (C=N–C) groups is 1. The third-order valence-electron chi connectivity index (χ3n) is 4.30. The van der Waals surface area contributed by atoms with Gasteiger partial charge >= 0.3 is 0 Å². The maximum absolute atomic E-state index is 5.49. The van der Waals surface area contributed by atoms with Gasteiger partial charge in [-0.3, -0.25) is 5.10 Å². The van der Waals surface area contributed by atoms with Crippen molar-refractivity contribution in [2.75, 3.05) is 44.7 Å². The summed E-state index contributed by atoms with van der Waals surface area (Å²) >= 11 is 0. The highest BCUT2D eigenvalue weighted by atomic mass is 127. The summed E-state index contributed by atoms with van der Waals surface area (Å²) < 4.78 is 5.49. The van der Waals surface area contributed by atoms with Gasteiger partial charge in [-0.15, -0.1) is 24.0 Å². The number of para-hydroxylation sites is 2. The lowest BCUT2D eigenvalue weighted by Crippen LogP contribution is -2.52. The minimum Gasteiger partial charge on any atom is -0.495 e. The van der Waals surface area contributed by atoms with E-state index in [0.717, 1.165) is 55.8 Å². The summed E-state index contributed by atoms with van der Waals surface area (Å²) in [6.45, 7) is 7.28. The van der Waals surface area contributed by atoms with Crippen molar-refractivity contribution in [3.63, 3.8) is 0 Å². The Kier molecular flexibility index (Phi) is 8.02. The van der Waals surface area contributed by atoms with Crippen molar-refractivity contribution in [1.29, 1.82) is 0 Å². The third kappa shape index (κ3) is 5.03. The Morgan fingerprint density at radius 1 is 1.23 bits per heavy atom. The molecule has 1 aromatic heterocycles. The lowest BCUT2D eigenvalue weighted by atomic mass is 10.2. The SMILES string of the molecule is CCNC(=NCc1ccn[nH]1)N1CCN(c2ccccc2OC)CC1.I. The van der Waals surface area contributed by atoms with E-state index in [-0.39, 0.29) is 24.0 Å². The van der Waals surface area contributed by atoms with Gasteiger partial charge < -0.3 is 19.9 Å². The van der Waals surface area contributed by atoms with Crippen LogP contribution in [0.4, 0.5) is 5.69 Å². The van der Waals surface area contributed by atoms with Gasteiger partial charge in [-0.1, -0.05) is 12.1 Å². The van der Waals surface area contributed by atoms with E-state index in [1.54, 1.807) is 13.3 Å². The number of guanidine groups is 1. The van der Waals surface area contributed by atoms with Gasteiger partial charge in [0.15, 0.2) is 5.96 Å². The van der Waals surface area contributed by atoms with Crippen molar-refractivity contribution in [2.24, 2.45) is 4.99 Å². The molecule has 0 saturated carbocycles. The zero-order valence-electron chi connectivity index (χ0n) is 15.3. The molecule has 1 aromatic carbocycles. The second-order valence-corrected chi connectivity index (χ2v) is 5.90. The number of hydrogen-bond acceptors (Lipinski definition) is 4. The molecule has 2 aromatic rings. The van der Waals surface area contributed by atoms with Crippen LogP contribution < -0.4 is 15.0 Å². The highest BCUT2D eigenvalue weighted by Crippen LogP contribution is 2.28. The Labute approximate surface area is 171 Å². The van der Waals surface area contributed by atoms with Gasteiger partial charge in [-0.05, 0) is 25.1 Å². The van der Waals surface area contributed by atoms with Crippen molar-refractivity contribution >= 4 is 35.6 Å². The predicted octanol–water partition coefficient (Wildman–Crippen LogP) is 2.32. The molecule has 0 unspecified atom stereocenters. The number of nitrogens with zero attached hydrogens (tertiary/aromatic N) is 4. The first kappa shape index (κ1) is 20.3. The number of hydrogen-bond donors (Lipinski definition) is 2. The number of H-pyrrole nitrogens is 1. The topological polar surface area (TPSA) is 68.8 Å². The highest BCUT2D eigenvalue weighted by molar-refractivity contribution is 14.0. The summed E-state index contributed by atoms with van der Waals surface area (Å²) in [5, 5.41) is 10.3. The fourth-order valence-corrected chi connectivity index (χ4v) is 3.01. The van der Waals surface area contributed by atoms with Gasteiger partial charge in [0.1, 0.15) is 5.75 Å². The lowest BCUT2D eigenvalue weighted by Gasteiger charge is -2.38. The van der Waals surface area contributed by atoms with Crippen LogP contribution in [-0.4, -0.2) is 60.9 Å². The number of piperazine rings is 1. The molecule has 0 amide bonds. The van der Waals surface area contributed by atoms with Gasteiger partial charge in [0, 0.05) is 38.9 Å². The van der Waals surface area contributed by atoms with Crippen molar-refractivity contribution < 1.29 is 4.74 Å². The van der Waals surface area contributed by atoms with Crippen LogP contribution in [0.15, 0.2) is 41.5 Å². The molecule has 1 aliphatic rings. The number of aromatic amines is 1. The summed E-state index contributed by atoms with van der Waals surface area (Å²) in [5.74, 6) is 1.88. The second kappa shape index (κ2) is 10.2. The van der Waals surface area contributed by atoms with E-state index in [2.05, 4.69) is 44.4 Å². The number of ether oxygens (including phenoxy) is 1. The maximum Gasteiger partial charge on any atom is 0.194 e. The van der Waals surface area contributed by atoms with Gasteiger partial charge in [-0.25, -0.2) is 4.99 Å². The molecule has 0 atom stereocenters. The molecular weight excluding hydrogens is 443 g/mol. The average molecular weight is 470 g/mol. The summed E-state index contributed by atoms with van der Waals surface area (Å²) in [5.41, 5.74) is 2.17. The third-order valence-corrected chi connectivity index (χ3v) is 4.30. The normalized spacial score (nSPS) is 14.8. The van der Waals surface area contributed by atoms with Crippen molar-refractivity contribution in [1.82, 2.24) is 20.4 Å². The minimum absolute atomic E-state index is 0. The Balaban J connectivity index is 0.00000243. The van der Waals surface area contributed by atoms with Crippen molar-refractivity contribution in [2.45, 2.75) is 13.5 Å². The first-order valence-corrected chi connectivity index (χ1v) is 8.71. The molecule has 2 N–H and O–H groups in total. The molecule has 0 spiro atoms. The summed E-state index contributed by atoms with van der Waals surface area (Å²) in [7, 11) is 1.72. The van der Waals surface area contributed by atoms with Gasteiger partial charge in [0.25, 0.3) is 0 Å². The van der Waals surface area contributed by atoms with E-state index in [4.69, 9.17) is 9.73 Å². The maximum atomic E-state index is 5.49. The molecule has 26 heavy (non-hydrogen) atoms. The molecule has 1 aliphatic heterocycles. The minimum atomic E-state index is 0. The number of aromatic nitrogens is 2. The largest absolute Gasteiger partial charge is 0.495 e. The highest BCUT2D eigenvalue weighted by Gasteiger charge is 2.21. The summed E-state index contributed by atoms with van der Waals surface area (Å²) in [6, 6.07) is 10.1. The van der Waals surface area contributed by atoms with Gasteiger partial charge in [0.05, 0.1) is 25.0 Å². The summed E-state index contributed by atoms with van der Waals surface area (Å²) in [4.78, 5) is 9.41. The molecule has 3 rings (SSSR count). The number of halogens is 1. The molecule has 8 heteroatoms. The smallest absolute Gasteiger partial charge is 0.194 e. The standard InChI is InChI=1S/C18H26N6O.HI/c1-3-19-18(20-14-15-8-9-21-22-15)24-12-10-23(11-13-24)16-6-4-5-7-17(16)25-2;/h4-9H,3,10-14H2,1-2H3,(H,19,20)(H,21,22);1H. The number of methoxy groups -OCH3 is 1. The first-order chi connectivity index (χ1) is 12.3. The van der Waals surface area contributed by atoms with Crippen molar-refractivity contribution in [3.8, 4) is 5.75 Å². The monoisotopic (exact) mass is 470 g/mol. The molecule has 0 bridgehead atoms. The summed E-state index contributed by atoms with van der Waals surface area (Å²) in [6.07, 6.45) is 1.75. The Morgan fingerprint density at radius 2 is 2.00 bits per heavy atom. The van der Waals surface area contributed by atoms with E-state index < -0.39 is 0 Å². The lowest BCUT2D eigenvalue weighted by molar-refractivity contribution is 0.367. The van der Waals surface area contributed by atoms with Gasteiger partial charge in [-0.2, -0.15) is 5.10 Å². The molecule has 0 aliphatic carbocycles. The molecular formula is C18H27IN6O. The Bertz CT molecular complexity index is 683. The number of rotatable bonds is 5. The Hall–Kier alpha value is -1.97. The van der Waals surface area contributed by atoms with Crippen LogP contribution in [-0.2, 0) is 6.54 Å².